The molecule has 0 saturated heterocycles. The van der Waals surface area contributed by atoms with Gasteiger partial charge < -0.3 is 15.7 Å². The van der Waals surface area contributed by atoms with Crippen molar-refractivity contribution in [2.45, 2.75) is 13.0 Å². The molecule has 0 radical (unpaired) electrons. The molecule has 1 amide bonds. The van der Waals surface area contributed by atoms with E-state index in [9.17, 15) is 4.79 Å². The minimum Gasteiger partial charge on any atom is -0.394 e. The first-order valence-corrected chi connectivity index (χ1v) is 5.67. The molecule has 1 aromatic carbocycles. The second-order valence-electron chi connectivity index (χ2n) is 3.62. The number of benzene rings is 1. The molecule has 1 rings (SSSR count). The van der Waals surface area contributed by atoms with Crippen LogP contribution in [0.25, 0.3) is 0 Å². The van der Waals surface area contributed by atoms with Gasteiger partial charge in [-0.05, 0) is 24.6 Å². The van der Waals surface area contributed by atoms with Gasteiger partial charge in [0, 0.05) is 17.2 Å². The van der Waals surface area contributed by atoms with Gasteiger partial charge in [-0.15, -0.1) is 0 Å². The summed E-state index contributed by atoms with van der Waals surface area (Å²) in [5.41, 5.74) is 7.25. The van der Waals surface area contributed by atoms with Crippen molar-refractivity contribution in [2.75, 3.05) is 18.6 Å². The second-order valence-corrected chi connectivity index (χ2v) is 4.53. The van der Waals surface area contributed by atoms with E-state index in [2.05, 4.69) is 15.9 Å². The molecule has 1 unspecified atom stereocenters. The molecule has 0 fully saturated rings. The predicted molar refractivity (Wildman–Crippen MR) is 67.4 cm³/mol. The molecule has 88 valence electrons. The van der Waals surface area contributed by atoms with Crippen LogP contribution in [0.3, 0.4) is 0 Å². The Labute approximate surface area is 103 Å². The molecule has 0 aliphatic heterocycles. The van der Waals surface area contributed by atoms with Crippen molar-refractivity contribution in [2.24, 2.45) is 5.73 Å². The lowest BCUT2D eigenvalue weighted by atomic mass is 10.1. The normalized spacial score (nSPS) is 12.3. The number of rotatable bonds is 3. The SMILES string of the molecule is Cc1ccc(Br)cc1N(C)C(=O)C(N)CO. The molecule has 5 heteroatoms. The van der Waals surface area contributed by atoms with Crippen molar-refractivity contribution in [3.63, 3.8) is 0 Å². The van der Waals surface area contributed by atoms with Gasteiger partial charge in [0.15, 0.2) is 0 Å². The molecule has 0 aliphatic rings. The van der Waals surface area contributed by atoms with Crippen LogP contribution in [0, 0.1) is 6.92 Å². The van der Waals surface area contributed by atoms with E-state index >= 15 is 0 Å². The van der Waals surface area contributed by atoms with Crippen molar-refractivity contribution in [1.29, 1.82) is 0 Å². The molecule has 16 heavy (non-hydrogen) atoms. The first-order chi connectivity index (χ1) is 7.47. The highest BCUT2D eigenvalue weighted by molar-refractivity contribution is 9.10. The van der Waals surface area contributed by atoms with Crippen molar-refractivity contribution >= 4 is 27.5 Å². The van der Waals surface area contributed by atoms with E-state index in [1.54, 1.807) is 7.05 Å². The molecule has 0 spiro atoms. The predicted octanol–water partition coefficient (Wildman–Crippen LogP) is 1.04. The summed E-state index contributed by atoms with van der Waals surface area (Å²) in [6.07, 6.45) is 0. The maximum atomic E-state index is 11.8. The maximum Gasteiger partial charge on any atom is 0.246 e. The number of hydrogen-bond donors (Lipinski definition) is 2. The van der Waals surface area contributed by atoms with Gasteiger partial charge in [0.05, 0.1) is 6.61 Å². The average molecular weight is 287 g/mol. The first kappa shape index (κ1) is 13.2. The Morgan fingerprint density at radius 1 is 1.62 bits per heavy atom. The Morgan fingerprint density at radius 2 is 2.25 bits per heavy atom. The van der Waals surface area contributed by atoms with Gasteiger partial charge in [0.2, 0.25) is 5.91 Å². The largest absolute Gasteiger partial charge is 0.394 e. The molecule has 0 aromatic heterocycles. The molecule has 0 bridgehead atoms. The molecule has 0 heterocycles. The number of aliphatic hydroxyl groups excluding tert-OH is 1. The van der Waals surface area contributed by atoms with E-state index in [1.807, 2.05) is 25.1 Å². The summed E-state index contributed by atoms with van der Waals surface area (Å²) in [4.78, 5) is 13.2. The first-order valence-electron chi connectivity index (χ1n) is 4.87. The molecule has 1 atom stereocenters. The molecule has 1 aromatic rings. The van der Waals surface area contributed by atoms with Crippen LogP contribution in [0.2, 0.25) is 0 Å². The standard InChI is InChI=1S/C11H15BrN2O2/c1-7-3-4-8(12)5-10(7)14(2)11(16)9(13)6-15/h3-5,9,15H,6,13H2,1-2H3. The van der Waals surface area contributed by atoms with Gasteiger partial charge in [0.25, 0.3) is 0 Å². The number of carbonyl (C=O) groups excluding carboxylic acids is 1. The van der Waals surface area contributed by atoms with Gasteiger partial charge in [-0.2, -0.15) is 0 Å². The zero-order chi connectivity index (χ0) is 12.3. The third-order valence-corrected chi connectivity index (χ3v) is 2.87. The number of nitrogens with zero attached hydrogens (tertiary/aromatic N) is 1. The minimum atomic E-state index is -0.872. The van der Waals surface area contributed by atoms with Crippen molar-refractivity contribution in [3.8, 4) is 0 Å². The summed E-state index contributed by atoms with van der Waals surface area (Å²) in [5, 5.41) is 8.84. The summed E-state index contributed by atoms with van der Waals surface area (Å²) < 4.78 is 0.894. The number of amides is 1. The third-order valence-electron chi connectivity index (χ3n) is 2.38. The highest BCUT2D eigenvalue weighted by Gasteiger charge is 2.19. The van der Waals surface area contributed by atoms with Gasteiger partial charge in [-0.3, -0.25) is 4.79 Å². The van der Waals surface area contributed by atoms with Gasteiger partial charge in [0.1, 0.15) is 6.04 Å². The monoisotopic (exact) mass is 286 g/mol. The van der Waals surface area contributed by atoms with Crippen LogP contribution < -0.4 is 10.6 Å². The van der Waals surface area contributed by atoms with E-state index in [0.29, 0.717) is 0 Å². The summed E-state index contributed by atoms with van der Waals surface area (Å²) in [5.74, 6) is -0.302. The Hall–Kier alpha value is -0.910. The van der Waals surface area contributed by atoms with Crippen LogP contribution in [-0.2, 0) is 4.79 Å². The summed E-state index contributed by atoms with van der Waals surface area (Å²) in [6.45, 7) is 1.56. The van der Waals surface area contributed by atoms with E-state index < -0.39 is 6.04 Å². The van der Waals surface area contributed by atoms with E-state index in [4.69, 9.17) is 10.8 Å². The lowest BCUT2D eigenvalue weighted by Crippen LogP contribution is -2.44. The quantitative estimate of drug-likeness (QED) is 0.873. The smallest absolute Gasteiger partial charge is 0.246 e. The Balaban J connectivity index is 3.00. The fourth-order valence-electron chi connectivity index (χ4n) is 1.39. The summed E-state index contributed by atoms with van der Waals surface area (Å²) in [7, 11) is 1.65. The zero-order valence-corrected chi connectivity index (χ0v) is 10.9. The topological polar surface area (TPSA) is 66.6 Å². The van der Waals surface area contributed by atoms with Gasteiger partial charge in [-0.1, -0.05) is 22.0 Å². The van der Waals surface area contributed by atoms with Crippen LogP contribution in [0.4, 0.5) is 5.69 Å². The van der Waals surface area contributed by atoms with Crippen LogP contribution >= 0.6 is 15.9 Å². The highest BCUT2D eigenvalue weighted by atomic mass is 79.9. The second kappa shape index (κ2) is 5.43. The number of halogens is 1. The number of hydrogen-bond acceptors (Lipinski definition) is 3. The van der Waals surface area contributed by atoms with E-state index in [0.717, 1.165) is 15.7 Å². The number of likely N-dealkylation sites (N-methyl/N-ethyl adjacent to an activating group) is 1. The Kier molecular flexibility index (Phi) is 4.46. The van der Waals surface area contributed by atoms with Crippen molar-refractivity contribution in [1.82, 2.24) is 0 Å². The summed E-state index contributed by atoms with van der Waals surface area (Å²) in [6, 6.07) is 4.79. The van der Waals surface area contributed by atoms with Crippen LogP contribution in [0.5, 0.6) is 0 Å². The minimum absolute atomic E-state index is 0.302. The average Bonchev–Trinajstić information content (AvgIpc) is 2.29. The van der Waals surface area contributed by atoms with E-state index in [-0.39, 0.29) is 12.5 Å². The highest BCUT2D eigenvalue weighted by Crippen LogP contribution is 2.23. The number of nitrogens with two attached hydrogens (primary N) is 1. The number of carbonyl (C=O) groups is 1. The zero-order valence-electron chi connectivity index (χ0n) is 9.27. The van der Waals surface area contributed by atoms with Crippen LogP contribution in [0.1, 0.15) is 5.56 Å². The summed E-state index contributed by atoms with van der Waals surface area (Å²) >= 11 is 3.35. The van der Waals surface area contributed by atoms with Crippen LogP contribution in [-0.4, -0.2) is 30.7 Å². The maximum absolute atomic E-state index is 11.8. The lowest BCUT2D eigenvalue weighted by Gasteiger charge is -2.22. The fraction of sp³-hybridized carbons (Fsp3) is 0.364. The number of aryl methyl sites for hydroxylation is 1. The molecular formula is C11H15BrN2O2. The Bertz CT molecular complexity index is 396. The molecule has 3 N–H and O–H groups in total. The Morgan fingerprint density at radius 3 is 2.81 bits per heavy atom. The van der Waals surface area contributed by atoms with Gasteiger partial charge >= 0.3 is 0 Å². The van der Waals surface area contributed by atoms with Crippen molar-refractivity contribution < 1.29 is 9.90 Å². The lowest BCUT2D eigenvalue weighted by molar-refractivity contribution is -0.120. The number of anilines is 1. The van der Waals surface area contributed by atoms with Crippen LogP contribution in [0.15, 0.2) is 22.7 Å². The molecular weight excluding hydrogens is 272 g/mol. The molecule has 4 nitrogen and oxygen atoms in total. The van der Waals surface area contributed by atoms with Gasteiger partial charge in [-0.25, -0.2) is 0 Å². The van der Waals surface area contributed by atoms with Crippen molar-refractivity contribution in [3.05, 3.63) is 28.2 Å². The molecule has 0 aliphatic carbocycles. The van der Waals surface area contributed by atoms with E-state index in [1.165, 1.54) is 4.90 Å². The molecule has 0 saturated carbocycles. The number of aliphatic hydroxyl groups is 1. The fourth-order valence-corrected chi connectivity index (χ4v) is 1.74. The third kappa shape index (κ3) is 2.81.